The van der Waals surface area contributed by atoms with Crippen LogP contribution < -0.4 is 0 Å². The molecule has 1 aromatic heterocycles. The van der Waals surface area contributed by atoms with Crippen molar-refractivity contribution in [3.05, 3.63) is 36.2 Å². The van der Waals surface area contributed by atoms with Crippen LogP contribution in [0.15, 0.2) is 34.7 Å². The van der Waals surface area contributed by atoms with Crippen LogP contribution in [-0.4, -0.2) is 63.4 Å². The third-order valence-electron chi connectivity index (χ3n) is 5.31. The molecular formula is C19H26N4O2. The highest BCUT2D eigenvalue weighted by Gasteiger charge is 2.28. The average Bonchev–Trinajstić information content (AvgIpc) is 3.28. The van der Waals surface area contributed by atoms with Crippen LogP contribution in [0.25, 0.3) is 11.5 Å². The van der Waals surface area contributed by atoms with Crippen molar-refractivity contribution < 1.29 is 9.52 Å². The number of aliphatic hydroxyl groups is 1. The Morgan fingerprint density at radius 3 is 2.64 bits per heavy atom. The number of aromatic nitrogens is 2. The second-order valence-electron chi connectivity index (χ2n) is 7.19. The molecule has 1 N–H and O–H groups in total. The normalized spacial score (nSPS) is 23.8. The van der Waals surface area contributed by atoms with Gasteiger partial charge >= 0.3 is 0 Å². The first-order valence-corrected chi connectivity index (χ1v) is 9.30. The van der Waals surface area contributed by atoms with Gasteiger partial charge in [0.05, 0.1) is 12.6 Å². The number of aliphatic hydroxyl groups excluding tert-OH is 1. The Kier molecular flexibility index (Phi) is 5.10. The largest absolute Gasteiger partial charge is 0.419 e. The van der Waals surface area contributed by atoms with Gasteiger partial charge in [-0.15, -0.1) is 10.2 Å². The molecular weight excluding hydrogens is 316 g/mol. The van der Waals surface area contributed by atoms with Gasteiger partial charge in [0.25, 0.3) is 0 Å². The maximum atomic E-state index is 10.4. The lowest BCUT2D eigenvalue weighted by molar-refractivity contribution is 0.0926. The maximum Gasteiger partial charge on any atom is 0.247 e. The summed E-state index contributed by atoms with van der Waals surface area (Å²) in [5, 5.41) is 18.7. The van der Waals surface area contributed by atoms with Crippen LogP contribution in [0, 0.1) is 0 Å². The van der Waals surface area contributed by atoms with Crippen molar-refractivity contribution in [1.82, 2.24) is 20.0 Å². The number of hydrogen-bond donors (Lipinski definition) is 1. The Labute approximate surface area is 148 Å². The zero-order valence-electron chi connectivity index (χ0n) is 14.5. The smallest absolute Gasteiger partial charge is 0.247 e. The molecule has 1 saturated carbocycles. The van der Waals surface area contributed by atoms with E-state index in [1.54, 1.807) is 0 Å². The van der Waals surface area contributed by atoms with E-state index in [0.717, 1.165) is 25.2 Å². The van der Waals surface area contributed by atoms with Gasteiger partial charge in [0.15, 0.2) is 0 Å². The molecule has 1 atom stereocenters. The van der Waals surface area contributed by atoms with Crippen molar-refractivity contribution in [1.29, 1.82) is 0 Å². The molecule has 134 valence electrons. The topological polar surface area (TPSA) is 65.6 Å². The van der Waals surface area contributed by atoms with Gasteiger partial charge in [0.2, 0.25) is 11.8 Å². The summed E-state index contributed by atoms with van der Waals surface area (Å²) >= 11 is 0. The van der Waals surface area contributed by atoms with Gasteiger partial charge in [-0.2, -0.15) is 0 Å². The van der Waals surface area contributed by atoms with Crippen LogP contribution >= 0.6 is 0 Å². The molecule has 6 nitrogen and oxygen atoms in total. The highest BCUT2D eigenvalue weighted by Crippen LogP contribution is 2.25. The minimum Gasteiger partial charge on any atom is -0.419 e. The number of nitrogens with zero attached hydrogens (tertiary/aromatic N) is 4. The van der Waals surface area contributed by atoms with Crippen molar-refractivity contribution in [2.24, 2.45) is 0 Å². The molecule has 2 fully saturated rings. The van der Waals surface area contributed by atoms with Crippen molar-refractivity contribution in [3.8, 4) is 11.5 Å². The van der Waals surface area contributed by atoms with Gasteiger partial charge in [-0.25, -0.2) is 0 Å². The first-order valence-electron chi connectivity index (χ1n) is 9.30. The average molecular weight is 342 g/mol. The van der Waals surface area contributed by atoms with Crippen molar-refractivity contribution in [2.75, 3.05) is 26.2 Å². The monoisotopic (exact) mass is 342 g/mol. The number of rotatable bonds is 4. The minimum atomic E-state index is -0.320. The SMILES string of the molecule is O[C@H]1CN(Cc2nnc(-c3ccccc3)o2)CCN(C2CCCC2)C1. The summed E-state index contributed by atoms with van der Waals surface area (Å²) in [6.07, 6.45) is 4.88. The van der Waals surface area contributed by atoms with E-state index >= 15 is 0 Å². The maximum absolute atomic E-state index is 10.4. The van der Waals surface area contributed by atoms with E-state index in [9.17, 15) is 5.11 Å². The second-order valence-corrected chi connectivity index (χ2v) is 7.19. The fraction of sp³-hybridized carbons (Fsp3) is 0.579. The molecule has 0 spiro atoms. The van der Waals surface area contributed by atoms with E-state index in [1.807, 2.05) is 30.3 Å². The molecule has 6 heteroatoms. The summed E-state index contributed by atoms with van der Waals surface area (Å²) in [4.78, 5) is 4.70. The third kappa shape index (κ3) is 4.08. The quantitative estimate of drug-likeness (QED) is 0.918. The zero-order valence-corrected chi connectivity index (χ0v) is 14.5. The molecule has 2 aromatic rings. The van der Waals surface area contributed by atoms with Gasteiger partial charge < -0.3 is 9.52 Å². The van der Waals surface area contributed by atoms with Crippen LogP contribution in [0.3, 0.4) is 0 Å². The molecule has 25 heavy (non-hydrogen) atoms. The predicted octanol–water partition coefficient (Wildman–Crippen LogP) is 2.16. The van der Waals surface area contributed by atoms with Crippen LogP contribution in [0.5, 0.6) is 0 Å². The fourth-order valence-electron chi connectivity index (χ4n) is 4.03. The summed E-state index contributed by atoms with van der Waals surface area (Å²) in [5.74, 6) is 1.17. The Morgan fingerprint density at radius 2 is 1.84 bits per heavy atom. The fourth-order valence-corrected chi connectivity index (χ4v) is 4.03. The molecule has 1 saturated heterocycles. The van der Waals surface area contributed by atoms with Crippen molar-refractivity contribution in [2.45, 2.75) is 44.4 Å². The van der Waals surface area contributed by atoms with Crippen molar-refractivity contribution >= 4 is 0 Å². The molecule has 2 heterocycles. The number of benzene rings is 1. The Hall–Kier alpha value is -1.76. The predicted molar refractivity (Wildman–Crippen MR) is 94.8 cm³/mol. The number of β-amino-alcohol motifs (C(OH)–C–C–N with tert-alkyl or cyclic N) is 1. The summed E-state index contributed by atoms with van der Waals surface area (Å²) in [7, 11) is 0. The lowest BCUT2D eigenvalue weighted by Crippen LogP contribution is -2.39. The van der Waals surface area contributed by atoms with E-state index in [2.05, 4.69) is 20.0 Å². The summed E-state index contributed by atoms with van der Waals surface area (Å²) < 4.78 is 5.82. The van der Waals surface area contributed by atoms with Crippen LogP contribution in [0.1, 0.15) is 31.6 Å². The second kappa shape index (κ2) is 7.64. The Morgan fingerprint density at radius 1 is 1.04 bits per heavy atom. The zero-order chi connectivity index (χ0) is 17.1. The van der Waals surface area contributed by atoms with Crippen LogP contribution in [0.2, 0.25) is 0 Å². The minimum absolute atomic E-state index is 0.320. The highest BCUT2D eigenvalue weighted by atomic mass is 16.4. The summed E-state index contributed by atoms with van der Waals surface area (Å²) in [6.45, 7) is 3.96. The molecule has 1 aliphatic heterocycles. The van der Waals surface area contributed by atoms with Gasteiger partial charge in [-0.3, -0.25) is 9.80 Å². The molecule has 4 rings (SSSR count). The van der Waals surface area contributed by atoms with Crippen LogP contribution in [0.4, 0.5) is 0 Å². The van der Waals surface area contributed by atoms with Crippen molar-refractivity contribution in [3.63, 3.8) is 0 Å². The number of hydrogen-bond acceptors (Lipinski definition) is 6. The highest BCUT2D eigenvalue weighted by molar-refractivity contribution is 5.51. The standard InChI is InChI=1S/C19H26N4O2/c24-17-12-22(10-11-23(13-17)16-8-4-5-9-16)14-18-20-21-19(25-18)15-6-2-1-3-7-15/h1-3,6-7,16-17,24H,4-5,8-14H2/t17-/m0/s1. The molecule has 0 amide bonds. The first kappa shape index (κ1) is 16.7. The van der Waals surface area contributed by atoms with E-state index in [-0.39, 0.29) is 6.10 Å². The third-order valence-corrected chi connectivity index (χ3v) is 5.31. The molecule has 0 radical (unpaired) electrons. The lowest BCUT2D eigenvalue weighted by Gasteiger charge is -2.27. The van der Waals surface area contributed by atoms with E-state index in [1.165, 1.54) is 25.7 Å². The van der Waals surface area contributed by atoms with Crippen LogP contribution in [-0.2, 0) is 6.54 Å². The van der Waals surface area contributed by atoms with Gasteiger partial charge in [-0.1, -0.05) is 31.0 Å². The first-order chi connectivity index (χ1) is 12.3. The molecule has 2 aliphatic rings. The summed E-state index contributed by atoms with van der Waals surface area (Å²) in [6, 6.07) is 10.5. The summed E-state index contributed by atoms with van der Waals surface area (Å²) in [5.41, 5.74) is 0.935. The van der Waals surface area contributed by atoms with E-state index in [4.69, 9.17) is 4.42 Å². The van der Waals surface area contributed by atoms with E-state index in [0.29, 0.717) is 30.9 Å². The molecule has 1 aliphatic carbocycles. The van der Waals surface area contributed by atoms with Gasteiger partial charge in [-0.05, 0) is 25.0 Å². The molecule has 0 bridgehead atoms. The Balaban J connectivity index is 1.38. The molecule has 1 aromatic carbocycles. The Bertz CT molecular complexity index is 669. The lowest BCUT2D eigenvalue weighted by atomic mass is 10.2. The molecule has 0 unspecified atom stereocenters. The van der Waals surface area contributed by atoms with E-state index < -0.39 is 0 Å². The van der Waals surface area contributed by atoms with Gasteiger partial charge in [0.1, 0.15) is 0 Å². The van der Waals surface area contributed by atoms with Gasteiger partial charge in [0, 0.05) is 37.8 Å².